The Morgan fingerprint density at radius 3 is 1.89 bits per heavy atom. The number of urea groups is 1. The lowest BCUT2D eigenvalue weighted by Gasteiger charge is -2.27. The zero-order chi connectivity index (χ0) is 76.6. The van der Waals surface area contributed by atoms with Crippen LogP contribution < -0.4 is 25.6 Å². The molecule has 2 heterocycles. The Bertz CT molecular complexity index is 4530. The Balaban J connectivity index is 0.942. The number of hydrogen-bond donors (Lipinski definition) is 8. The number of carboxylic acid groups (broad SMARTS) is 3. The third-order valence-corrected chi connectivity index (χ3v) is 20.4. The molecule has 0 unspecified atom stereocenters. The third-order valence-electron chi connectivity index (χ3n) is 18.8. The van der Waals surface area contributed by atoms with Crippen LogP contribution in [0.3, 0.4) is 0 Å². The minimum atomic E-state index is -4.17. The number of Topliss-reactive ketones (excluding diaryl/α,β-unsaturated/α-hetero) is 2. The number of carboxylic acids is 3. The highest BCUT2D eigenvalue weighted by molar-refractivity contribution is 7.86. The van der Waals surface area contributed by atoms with Gasteiger partial charge in [0.2, 0.25) is 11.6 Å². The lowest BCUT2D eigenvalue weighted by Crippen LogP contribution is -2.46. The van der Waals surface area contributed by atoms with Crippen LogP contribution in [0, 0.1) is 5.92 Å². The number of carbonyl (C=O) groups excluding carboxylic acids is 4. The van der Waals surface area contributed by atoms with Crippen molar-refractivity contribution in [2.24, 2.45) is 5.92 Å². The van der Waals surface area contributed by atoms with E-state index in [4.69, 9.17) is 19.3 Å². The van der Waals surface area contributed by atoms with Crippen molar-refractivity contribution in [2.75, 3.05) is 62.5 Å². The maximum absolute atomic E-state index is 14.2. The molecule has 8 N–H and O–H groups in total. The fourth-order valence-electron chi connectivity index (χ4n) is 13.6. The van der Waals surface area contributed by atoms with E-state index in [1.165, 1.54) is 0 Å². The second kappa shape index (κ2) is 38.5. The molecule has 0 aromatic heterocycles. The first-order chi connectivity index (χ1) is 50.5. The predicted octanol–water partition coefficient (Wildman–Crippen LogP) is 11.6. The van der Waals surface area contributed by atoms with Gasteiger partial charge in [0, 0.05) is 92.7 Å². The molecule has 0 spiro atoms. The fraction of sp³-hybridized carbons (Fsp3) is 0.400. The van der Waals surface area contributed by atoms with Gasteiger partial charge in [-0.2, -0.15) is 21.4 Å². The molecule has 24 nitrogen and oxygen atoms in total. The van der Waals surface area contributed by atoms with Crippen LogP contribution in [0.15, 0.2) is 175 Å². The van der Waals surface area contributed by atoms with Gasteiger partial charge in [-0.05, 0) is 146 Å². The lowest BCUT2D eigenvalue weighted by molar-refractivity contribution is -0.438. The van der Waals surface area contributed by atoms with Crippen LogP contribution in [0.2, 0.25) is 0 Å². The van der Waals surface area contributed by atoms with Crippen molar-refractivity contribution in [1.82, 2.24) is 16.0 Å². The highest BCUT2D eigenvalue weighted by Crippen LogP contribution is 2.51. The maximum Gasteiger partial charge on any atom is 0.326 e. The maximum atomic E-state index is 14.2. The molecule has 0 aliphatic carbocycles. The molecule has 0 saturated heterocycles. The number of aliphatic carboxylic acids is 3. The molecule has 26 heteroatoms. The number of anilines is 1. The van der Waals surface area contributed by atoms with Gasteiger partial charge in [-0.3, -0.25) is 33.1 Å². The largest absolute Gasteiger partial charge is 0.481 e. The van der Waals surface area contributed by atoms with Crippen LogP contribution in [0.25, 0.3) is 21.5 Å². The van der Waals surface area contributed by atoms with Crippen LogP contribution in [0.4, 0.5) is 16.2 Å². The Labute approximate surface area is 618 Å². The number of rotatable bonds is 44. The number of amides is 3. The molecule has 2 aliphatic heterocycles. The van der Waals surface area contributed by atoms with Gasteiger partial charge >= 0.3 is 23.9 Å². The van der Waals surface area contributed by atoms with E-state index in [9.17, 15) is 69.7 Å². The van der Waals surface area contributed by atoms with Crippen LogP contribution >= 0.6 is 0 Å². The van der Waals surface area contributed by atoms with E-state index in [2.05, 4.69) is 102 Å². The van der Waals surface area contributed by atoms with Crippen molar-refractivity contribution in [3.63, 3.8) is 0 Å². The summed E-state index contributed by atoms with van der Waals surface area (Å²) in [5.41, 5.74) is 6.33. The van der Waals surface area contributed by atoms with E-state index in [-0.39, 0.29) is 114 Å². The molecular formula is C80H96N5O19S2+. The third kappa shape index (κ3) is 24.2. The molecule has 0 fully saturated rings. The van der Waals surface area contributed by atoms with Gasteiger partial charge in [0.25, 0.3) is 20.2 Å². The Morgan fingerprint density at radius 2 is 1.23 bits per heavy atom. The highest BCUT2D eigenvalue weighted by Gasteiger charge is 2.46. The summed E-state index contributed by atoms with van der Waals surface area (Å²) in [6.07, 6.45) is 12.6. The molecule has 106 heavy (non-hydrogen) atoms. The Kier molecular flexibility index (Phi) is 29.8. The molecule has 566 valence electrons. The molecule has 2 aliphatic rings. The van der Waals surface area contributed by atoms with E-state index >= 15 is 0 Å². The summed E-state index contributed by atoms with van der Waals surface area (Å²) in [6, 6.07) is 37.3. The quantitative estimate of drug-likeness (QED) is 0.00579. The Morgan fingerprint density at radius 1 is 0.594 bits per heavy atom. The molecule has 3 amide bonds. The van der Waals surface area contributed by atoms with Gasteiger partial charge in [0.1, 0.15) is 29.9 Å². The molecule has 6 aromatic carbocycles. The van der Waals surface area contributed by atoms with Gasteiger partial charge in [0.05, 0.1) is 48.7 Å². The van der Waals surface area contributed by atoms with Crippen LogP contribution in [-0.2, 0) is 82.1 Å². The highest BCUT2D eigenvalue weighted by atomic mass is 32.2. The molecule has 0 bridgehead atoms. The first-order valence-electron chi connectivity index (χ1n) is 35.6. The summed E-state index contributed by atoms with van der Waals surface area (Å²) >= 11 is 0. The number of hydrogen-bond acceptors (Lipinski definition) is 15. The minimum Gasteiger partial charge on any atom is -0.481 e. The van der Waals surface area contributed by atoms with E-state index in [0.29, 0.717) is 49.4 Å². The topological polar surface area (TPSA) is 359 Å². The fourth-order valence-corrected chi connectivity index (χ4v) is 14.7. The standard InChI is InChI=1S/C80H95N5O19S2/c1-79(2)70(84(44-12-14-50-105(96,97)98)67-40-34-57-22-8-10-27-63(57)74(67)79)29-16-25-61(26-17-30-71-80(3,4)75-64-28-11-9-23-58(64)35-41-68(75)85(71)45-13-15-51-106(99,100)101)104-62-37-32-56(33-38-62)52-59(76(91)92)54-69(87)66(53-55-20-6-5-7-21-55)82-72(88)42-47-103-49-48-102-46-19-24-60(86)36-39-65(77(93)94)83-78(95)81-43-18-31-73(89)90/h5-11,16-17,20-23,25-30,32-35,37-38,40-41,59,65-66H,12-15,18-19,24,31,36,39,42-54H2,1-4H3,(H7-,81,82,83,88,89,90,91,92,93,94,95,96,97,98,99,100,101)/p+1/t59-,65+,66+/m1/s1. The van der Waals surface area contributed by atoms with Crippen molar-refractivity contribution < 1.29 is 93.6 Å². The number of benzene rings is 6. The number of nitrogens with zero attached hydrogens (tertiary/aromatic N) is 2. The normalized spacial score (nSPS) is 15.4. The number of ether oxygens (including phenoxy) is 3. The average molecular weight is 1500 g/mol. The average Bonchev–Trinajstić information content (AvgIpc) is 1.58. The first kappa shape index (κ1) is 82.0. The molecule has 3 atom stereocenters. The number of nitrogens with one attached hydrogen (secondary N) is 3. The number of fused-ring (bicyclic) bond motifs is 6. The zero-order valence-corrected chi connectivity index (χ0v) is 61.9. The number of unbranched alkanes of at least 4 members (excludes halogenated alkanes) is 2. The van der Waals surface area contributed by atoms with Gasteiger partial charge in [-0.1, -0.05) is 123 Å². The summed E-state index contributed by atoms with van der Waals surface area (Å²) in [5.74, 6) is -5.87. The van der Waals surface area contributed by atoms with Crippen LogP contribution in [0.5, 0.6) is 5.75 Å². The van der Waals surface area contributed by atoms with Crippen LogP contribution in [-0.4, -0.2) is 163 Å². The predicted molar refractivity (Wildman–Crippen MR) is 405 cm³/mol. The zero-order valence-electron chi connectivity index (χ0n) is 60.2. The van der Waals surface area contributed by atoms with Crippen molar-refractivity contribution in [3.8, 4) is 5.75 Å². The monoisotopic (exact) mass is 1490 g/mol. The van der Waals surface area contributed by atoms with Crippen LogP contribution in [0.1, 0.15) is 127 Å². The summed E-state index contributed by atoms with van der Waals surface area (Å²) < 4.78 is 86.4. The lowest BCUT2D eigenvalue weighted by atomic mass is 9.79. The Hall–Kier alpha value is -9.70. The van der Waals surface area contributed by atoms with Gasteiger partial charge in [-0.25, -0.2) is 9.59 Å². The van der Waals surface area contributed by atoms with Crippen molar-refractivity contribution >= 4 is 100 Å². The smallest absolute Gasteiger partial charge is 0.326 e. The van der Waals surface area contributed by atoms with Crippen molar-refractivity contribution in [3.05, 3.63) is 198 Å². The van der Waals surface area contributed by atoms with Crippen molar-refractivity contribution in [1.29, 1.82) is 0 Å². The van der Waals surface area contributed by atoms with Gasteiger partial charge in [-0.15, -0.1) is 0 Å². The summed E-state index contributed by atoms with van der Waals surface area (Å²) in [7, 11) is -8.34. The number of allylic oxidation sites excluding steroid dienone is 7. The molecule has 0 radical (unpaired) electrons. The van der Waals surface area contributed by atoms with Gasteiger partial charge in [0.15, 0.2) is 11.5 Å². The van der Waals surface area contributed by atoms with Crippen molar-refractivity contribution in [2.45, 2.75) is 141 Å². The summed E-state index contributed by atoms with van der Waals surface area (Å²) in [5, 5.41) is 40.6. The molecular weight excluding hydrogens is 1400 g/mol. The SMILES string of the molecule is CC1(C)C(/C=C/C=C(/C=C/C=C2/N(CCCCS(=O)(=O)O)c3ccc4ccccc4c3C2(C)C)Oc2ccc(C[C@H](CC(=O)[C@H](Cc3ccccc3)NC(=O)CCOCCOCCCC(=O)CC[C@H](NC(=O)NCCCC(=O)O)C(=O)O)C(=O)O)cc2)=[N+](CCCCS(=O)(=O)O)c2ccc3ccccc3c21. The molecule has 6 aromatic rings. The summed E-state index contributed by atoms with van der Waals surface area (Å²) in [4.78, 5) is 89.7. The first-order valence-corrected chi connectivity index (χ1v) is 38.9. The molecule has 0 saturated carbocycles. The van der Waals surface area contributed by atoms with E-state index < -0.39 is 91.1 Å². The number of carbonyl (C=O) groups is 7. The van der Waals surface area contributed by atoms with E-state index in [1.807, 2.05) is 66.8 Å². The van der Waals surface area contributed by atoms with E-state index in [1.54, 1.807) is 48.5 Å². The minimum absolute atomic E-state index is 0.0235. The van der Waals surface area contributed by atoms with E-state index in [0.717, 1.165) is 61.0 Å². The van der Waals surface area contributed by atoms with Gasteiger partial charge < -0.3 is 50.4 Å². The summed E-state index contributed by atoms with van der Waals surface area (Å²) in [6.45, 7) is 9.97. The second-order valence-corrected chi connectivity index (χ2v) is 30.7. The molecule has 8 rings (SSSR count). The number of ketones is 2. The second-order valence-electron chi connectivity index (χ2n) is 27.5.